The molecule has 26 heavy (non-hydrogen) atoms. The van der Waals surface area contributed by atoms with Gasteiger partial charge in [-0.05, 0) is 49.2 Å². The van der Waals surface area contributed by atoms with E-state index in [0.29, 0.717) is 17.8 Å². The molecule has 1 aliphatic rings. The van der Waals surface area contributed by atoms with Gasteiger partial charge in [0, 0.05) is 11.7 Å². The van der Waals surface area contributed by atoms with Crippen LogP contribution in [0, 0.1) is 0 Å². The number of para-hydroxylation sites is 1. The molecule has 1 heterocycles. The predicted molar refractivity (Wildman–Crippen MR) is 102 cm³/mol. The van der Waals surface area contributed by atoms with Crippen LogP contribution in [-0.4, -0.2) is 21.2 Å². The van der Waals surface area contributed by atoms with Crippen molar-refractivity contribution in [1.82, 2.24) is 15.2 Å². The van der Waals surface area contributed by atoms with Crippen LogP contribution in [0.15, 0.2) is 60.8 Å². The first-order valence-corrected chi connectivity index (χ1v) is 8.91. The van der Waals surface area contributed by atoms with Crippen LogP contribution in [0.2, 0.25) is 0 Å². The molecule has 6 nitrogen and oxygen atoms in total. The van der Waals surface area contributed by atoms with E-state index < -0.39 is 0 Å². The van der Waals surface area contributed by atoms with Crippen molar-refractivity contribution >= 4 is 17.5 Å². The third-order valence-electron chi connectivity index (χ3n) is 4.35. The van der Waals surface area contributed by atoms with Crippen LogP contribution < -0.4 is 15.4 Å². The minimum atomic E-state index is 0.460. The summed E-state index contributed by atoms with van der Waals surface area (Å²) in [4.78, 5) is 4.49. The zero-order chi connectivity index (χ0) is 17.6. The highest BCUT2D eigenvalue weighted by Crippen LogP contribution is 2.24. The first kappa shape index (κ1) is 16.3. The Morgan fingerprint density at radius 2 is 1.62 bits per heavy atom. The van der Waals surface area contributed by atoms with Crippen LogP contribution in [0.25, 0.3) is 0 Å². The fraction of sp³-hybridized carbons (Fsp3) is 0.250. The molecular weight excluding hydrogens is 326 g/mol. The van der Waals surface area contributed by atoms with Gasteiger partial charge in [-0.15, -0.1) is 5.10 Å². The number of hydrogen-bond acceptors (Lipinski definition) is 6. The van der Waals surface area contributed by atoms with Crippen LogP contribution in [0.5, 0.6) is 11.5 Å². The van der Waals surface area contributed by atoms with Gasteiger partial charge in [0.05, 0.1) is 6.20 Å². The van der Waals surface area contributed by atoms with Crippen molar-refractivity contribution in [3.63, 3.8) is 0 Å². The summed E-state index contributed by atoms with van der Waals surface area (Å²) in [7, 11) is 0. The van der Waals surface area contributed by atoms with Crippen LogP contribution in [0.4, 0.5) is 17.5 Å². The number of benzene rings is 2. The van der Waals surface area contributed by atoms with Crippen molar-refractivity contribution in [2.45, 2.75) is 31.7 Å². The van der Waals surface area contributed by atoms with Gasteiger partial charge in [-0.25, -0.2) is 0 Å². The number of ether oxygens (including phenoxy) is 1. The number of anilines is 3. The number of hydrogen-bond donors (Lipinski definition) is 2. The Morgan fingerprint density at radius 3 is 2.38 bits per heavy atom. The Balaban J connectivity index is 1.39. The lowest BCUT2D eigenvalue weighted by Crippen LogP contribution is -2.17. The molecule has 0 unspecified atom stereocenters. The number of aromatic nitrogens is 3. The second kappa shape index (κ2) is 7.82. The SMILES string of the molecule is c1ccc(Oc2ccc(Nc3cnnc(NC4CCCC4)n3)cc2)cc1. The monoisotopic (exact) mass is 347 g/mol. The van der Waals surface area contributed by atoms with E-state index in [1.165, 1.54) is 25.7 Å². The van der Waals surface area contributed by atoms with E-state index in [2.05, 4.69) is 25.8 Å². The van der Waals surface area contributed by atoms with Crippen LogP contribution in [-0.2, 0) is 0 Å². The maximum atomic E-state index is 5.80. The molecule has 2 N–H and O–H groups in total. The fourth-order valence-electron chi connectivity index (χ4n) is 3.06. The van der Waals surface area contributed by atoms with Crippen LogP contribution in [0.1, 0.15) is 25.7 Å². The van der Waals surface area contributed by atoms with Crippen molar-refractivity contribution in [2.75, 3.05) is 10.6 Å². The van der Waals surface area contributed by atoms with Gasteiger partial charge in [-0.1, -0.05) is 31.0 Å². The van der Waals surface area contributed by atoms with E-state index in [9.17, 15) is 0 Å². The molecule has 1 saturated carbocycles. The summed E-state index contributed by atoms with van der Waals surface area (Å²) in [6.07, 6.45) is 6.49. The summed E-state index contributed by atoms with van der Waals surface area (Å²) in [6.45, 7) is 0. The Bertz CT molecular complexity index is 832. The molecule has 1 aliphatic carbocycles. The summed E-state index contributed by atoms with van der Waals surface area (Å²) in [5.41, 5.74) is 0.915. The van der Waals surface area contributed by atoms with E-state index in [-0.39, 0.29) is 0 Å². The summed E-state index contributed by atoms with van der Waals surface area (Å²) in [5.74, 6) is 2.84. The molecule has 0 atom stereocenters. The van der Waals surface area contributed by atoms with Gasteiger partial charge < -0.3 is 15.4 Å². The quantitative estimate of drug-likeness (QED) is 0.670. The third kappa shape index (κ3) is 4.27. The molecule has 0 saturated heterocycles. The second-order valence-corrected chi connectivity index (χ2v) is 6.36. The minimum absolute atomic E-state index is 0.460. The Labute approximate surface area is 152 Å². The van der Waals surface area contributed by atoms with E-state index in [1.54, 1.807) is 6.20 Å². The number of nitrogens with one attached hydrogen (secondary N) is 2. The lowest BCUT2D eigenvalue weighted by molar-refractivity contribution is 0.483. The van der Waals surface area contributed by atoms with Crippen molar-refractivity contribution in [3.8, 4) is 11.5 Å². The van der Waals surface area contributed by atoms with E-state index in [4.69, 9.17) is 4.74 Å². The van der Waals surface area contributed by atoms with Gasteiger partial charge in [-0.2, -0.15) is 10.1 Å². The highest BCUT2D eigenvalue weighted by atomic mass is 16.5. The van der Waals surface area contributed by atoms with Gasteiger partial charge in [-0.3, -0.25) is 0 Å². The molecule has 1 fully saturated rings. The minimum Gasteiger partial charge on any atom is -0.457 e. The Morgan fingerprint density at radius 1 is 0.885 bits per heavy atom. The maximum absolute atomic E-state index is 5.80. The molecule has 3 aromatic rings. The van der Waals surface area contributed by atoms with Crippen molar-refractivity contribution in [3.05, 3.63) is 60.8 Å². The van der Waals surface area contributed by atoms with E-state index in [0.717, 1.165) is 17.2 Å². The lowest BCUT2D eigenvalue weighted by atomic mass is 10.2. The molecule has 0 amide bonds. The first-order valence-electron chi connectivity index (χ1n) is 8.91. The molecular formula is C20H21N5O. The van der Waals surface area contributed by atoms with Crippen molar-refractivity contribution in [2.24, 2.45) is 0 Å². The molecule has 132 valence electrons. The molecule has 1 aromatic heterocycles. The summed E-state index contributed by atoms with van der Waals surface area (Å²) in [5, 5.41) is 14.7. The summed E-state index contributed by atoms with van der Waals surface area (Å²) < 4.78 is 5.80. The number of rotatable bonds is 6. The molecule has 0 radical (unpaired) electrons. The second-order valence-electron chi connectivity index (χ2n) is 6.36. The molecule has 0 aliphatic heterocycles. The maximum Gasteiger partial charge on any atom is 0.244 e. The first-order chi connectivity index (χ1) is 12.8. The van der Waals surface area contributed by atoms with Crippen LogP contribution in [0.3, 0.4) is 0 Å². The van der Waals surface area contributed by atoms with Gasteiger partial charge >= 0.3 is 0 Å². The van der Waals surface area contributed by atoms with Gasteiger partial charge in [0.15, 0.2) is 5.82 Å². The fourth-order valence-corrected chi connectivity index (χ4v) is 3.06. The Hall–Kier alpha value is -3.15. The van der Waals surface area contributed by atoms with Crippen molar-refractivity contribution < 1.29 is 4.74 Å². The molecule has 0 spiro atoms. The zero-order valence-corrected chi connectivity index (χ0v) is 14.4. The largest absolute Gasteiger partial charge is 0.457 e. The average molecular weight is 347 g/mol. The van der Waals surface area contributed by atoms with Gasteiger partial charge in [0.25, 0.3) is 0 Å². The standard InChI is InChI=1S/C20H21N5O/c1-2-8-17(9-3-1)26-18-12-10-16(11-13-18)22-19-14-21-25-20(24-19)23-15-6-4-5-7-15/h1-3,8-15H,4-7H2,(H2,22,23,24,25). The molecule has 0 bridgehead atoms. The smallest absolute Gasteiger partial charge is 0.244 e. The molecule has 2 aromatic carbocycles. The summed E-state index contributed by atoms with van der Waals surface area (Å²) in [6, 6.07) is 17.9. The number of nitrogens with zero attached hydrogens (tertiary/aromatic N) is 3. The van der Waals surface area contributed by atoms with Gasteiger partial charge in [0.2, 0.25) is 5.95 Å². The Kier molecular flexibility index (Phi) is 4.91. The molecule has 4 rings (SSSR count). The average Bonchev–Trinajstić information content (AvgIpc) is 3.18. The van der Waals surface area contributed by atoms with Crippen LogP contribution >= 0.6 is 0 Å². The topological polar surface area (TPSA) is 72.0 Å². The predicted octanol–water partition coefficient (Wildman–Crippen LogP) is 4.76. The lowest BCUT2D eigenvalue weighted by Gasteiger charge is -2.12. The highest BCUT2D eigenvalue weighted by Gasteiger charge is 2.15. The van der Waals surface area contributed by atoms with E-state index >= 15 is 0 Å². The third-order valence-corrected chi connectivity index (χ3v) is 4.35. The van der Waals surface area contributed by atoms with Gasteiger partial charge in [0.1, 0.15) is 11.5 Å². The molecule has 6 heteroatoms. The van der Waals surface area contributed by atoms with E-state index in [1.807, 2.05) is 54.6 Å². The highest BCUT2D eigenvalue weighted by molar-refractivity contribution is 5.57. The normalized spacial score (nSPS) is 14.2. The zero-order valence-electron chi connectivity index (χ0n) is 14.4. The summed E-state index contributed by atoms with van der Waals surface area (Å²) >= 11 is 0. The van der Waals surface area contributed by atoms with Crippen molar-refractivity contribution in [1.29, 1.82) is 0 Å².